The molecule has 0 atom stereocenters. The SMILES string of the molecule is COC(=O)c1ccc(OC)cc1OC(=O)CCCN1C(=O)c2ccccc2C1=O. The van der Waals surface area contributed by atoms with Gasteiger partial charge in [-0.25, -0.2) is 4.79 Å². The van der Waals surface area contributed by atoms with Crippen molar-refractivity contribution in [3.63, 3.8) is 0 Å². The molecule has 0 bridgehead atoms. The summed E-state index contributed by atoms with van der Waals surface area (Å²) in [5.74, 6) is -1.59. The minimum atomic E-state index is -0.651. The van der Waals surface area contributed by atoms with Gasteiger partial charge < -0.3 is 14.2 Å². The maximum atomic E-state index is 12.3. The van der Waals surface area contributed by atoms with E-state index in [1.165, 1.54) is 26.4 Å². The monoisotopic (exact) mass is 397 g/mol. The number of esters is 2. The number of fused-ring (bicyclic) bond motifs is 1. The number of nitrogens with zero attached hydrogens (tertiary/aromatic N) is 1. The number of carbonyl (C=O) groups is 4. The Kier molecular flexibility index (Phi) is 5.92. The van der Waals surface area contributed by atoms with E-state index in [1.807, 2.05) is 0 Å². The summed E-state index contributed by atoms with van der Waals surface area (Å²) >= 11 is 0. The van der Waals surface area contributed by atoms with Gasteiger partial charge in [0.15, 0.2) is 0 Å². The molecule has 2 amide bonds. The van der Waals surface area contributed by atoms with Crippen LogP contribution in [-0.4, -0.2) is 49.4 Å². The fourth-order valence-electron chi connectivity index (χ4n) is 2.99. The molecule has 0 unspecified atom stereocenters. The van der Waals surface area contributed by atoms with Crippen LogP contribution < -0.4 is 9.47 Å². The Morgan fingerprint density at radius 2 is 1.62 bits per heavy atom. The van der Waals surface area contributed by atoms with Crippen molar-refractivity contribution in [3.8, 4) is 11.5 Å². The predicted molar refractivity (Wildman–Crippen MR) is 101 cm³/mol. The highest BCUT2D eigenvalue weighted by Crippen LogP contribution is 2.26. The minimum Gasteiger partial charge on any atom is -0.497 e. The van der Waals surface area contributed by atoms with E-state index in [-0.39, 0.29) is 42.5 Å². The Morgan fingerprint density at radius 1 is 0.966 bits per heavy atom. The summed E-state index contributed by atoms with van der Waals surface area (Å²) in [5.41, 5.74) is 0.806. The number of amides is 2. The summed E-state index contributed by atoms with van der Waals surface area (Å²) in [7, 11) is 2.67. The molecule has 0 saturated heterocycles. The van der Waals surface area contributed by atoms with E-state index in [1.54, 1.807) is 30.3 Å². The third-order valence-corrected chi connectivity index (χ3v) is 4.46. The first-order valence-corrected chi connectivity index (χ1v) is 8.88. The zero-order valence-electron chi connectivity index (χ0n) is 16.0. The Balaban J connectivity index is 1.61. The van der Waals surface area contributed by atoms with Crippen molar-refractivity contribution in [1.82, 2.24) is 4.90 Å². The fourth-order valence-corrected chi connectivity index (χ4v) is 2.99. The average Bonchev–Trinajstić information content (AvgIpc) is 2.98. The summed E-state index contributed by atoms with van der Waals surface area (Å²) in [6.45, 7) is 0.0867. The van der Waals surface area contributed by atoms with Gasteiger partial charge in [-0.05, 0) is 30.7 Å². The van der Waals surface area contributed by atoms with Crippen LogP contribution in [0.2, 0.25) is 0 Å². The van der Waals surface area contributed by atoms with E-state index in [4.69, 9.17) is 9.47 Å². The highest BCUT2D eigenvalue weighted by Gasteiger charge is 2.34. The molecule has 150 valence electrons. The van der Waals surface area contributed by atoms with Crippen LogP contribution >= 0.6 is 0 Å². The number of ether oxygens (including phenoxy) is 3. The zero-order chi connectivity index (χ0) is 21.0. The molecule has 0 spiro atoms. The first kappa shape index (κ1) is 20.1. The number of hydrogen-bond donors (Lipinski definition) is 0. The molecule has 3 rings (SSSR count). The Morgan fingerprint density at radius 3 is 2.21 bits per heavy atom. The second kappa shape index (κ2) is 8.55. The highest BCUT2D eigenvalue weighted by molar-refractivity contribution is 6.21. The van der Waals surface area contributed by atoms with Gasteiger partial charge >= 0.3 is 11.9 Å². The topological polar surface area (TPSA) is 99.2 Å². The lowest BCUT2D eigenvalue weighted by Crippen LogP contribution is -2.31. The van der Waals surface area contributed by atoms with Gasteiger partial charge in [0.25, 0.3) is 11.8 Å². The fraction of sp³-hybridized carbons (Fsp3) is 0.238. The Bertz CT molecular complexity index is 948. The largest absolute Gasteiger partial charge is 0.497 e. The van der Waals surface area contributed by atoms with Crippen LogP contribution in [0.15, 0.2) is 42.5 Å². The molecule has 1 aliphatic rings. The van der Waals surface area contributed by atoms with Crippen LogP contribution in [0.1, 0.15) is 43.9 Å². The molecule has 8 nitrogen and oxygen atoms in total. The number of imide groups is 1. The molecule has 0 saturated carbocycles. The molecule has 2 aromatic carbocycles. The van der Waals surface area contributed by atoms with Crippen molar-refractivity contribution in [2.24, 2.45) is 0 Å². The Labute approximate surface area is 167 Å². The first-order chi connectivity index (χ1) is 14.0. The van der Waals surface area contributed by atoms with E-state index < -0.39 is 11.9 Å². The number of rotatable bonds is 7. The van der Waals surface area contributed by atoms with Crippen molar-refractivity contribution in [2.75, 3.05) is 20.8 Å². The van der Waals surface area contributed by atoms with Crippen molar-refractivity contribution in [3.05, 3.63) is 59.2 Å². The maximum Gasteiger partial charge on any atom is 0.341 e. The highest BCUT2D eigenvalue weighted by atomic mass is 16.5. The van der Waals surface area contributed by atoms with Crippen LogP contribution in [0, 0.1) is 0 Å². The van der Waals surface area contributed by atoms with E-state index >= 15 is 0 Å². The molecule has 1 heterocycles. The number of methoxy groups -OCH3 is 2. The van der Waals surface area contributed by atoms with Crippen molar-refractivity contribution < 1.29 is 33.4 Å². The molecule has 0 N–H and O–H groups in total. The zero-order valence-corrected chi connectivity index (χ0v) is 16.0. The van der Waals surface area contributed by atoms with E-state index in [0.29, 0.717) is 16.9 Å². The van der Waals surface area contributed by atoms with Crippen LogP contribution in [0.4, 0.5) is 0 Å². The molecule has 1 aliphatic heterocycles. The van der Waals surface area contributed by atoms with Gasteiger partial charge in [-0.1, -0.05) is 12.1 Å². The van der Waals surface area contributed by atoms with E-state index in [0.717, 1.165) is 4.90 Å². The van der Waals surface area contributed by atoms with Gasteiger partial charge in [-0.3, -0.25) is 19.3 Å². The van der Waals surface area contributed by atoms with Crippen LogP contribution in [0.3, 0.4) is 0 Å². The van der Waals surface area contributed by atoms with Crippen LogP contribution in [0.25, 0.3) is 0 Å². The van der Waals surface area contributed by atoms with Gasteiger partial charge in [0.05, 0.1) is 25.3 Å². The number of hydrogen-bond acceptors (Lipinski definition) is 7. The first-order valence-electron chi connectivity index (χ1n) is 8.88. The third kappa shape index (κ3) is 4.11. The molecule has 8 heteroatoms. The molecule has 0 aromatic heterocycles. The van der Waals surface area contributed by atoms with Gasteiger partial charge in [-0.2, -0.15) is 0 Å². The van der Waals surface area contributed by atoms with Gasteiger partial charge in [0, 0.05) is 19.0 Å². The van der Waals surface area contributed by atoms with Crippen molar-refractivity contribution >= 4 is 23.8 Å². The number of carbonyl (C=O) groups excluding carboxylic acids is 4. The summed E-state index contributed by atoms with van der Waals surface area (Å²) in [6, 6.07) is 11.0. The smallest absolute Gasteiger partial charge is 0.341 e. The van der Waals surface area contributed by atoms with E-state index in [9.17, 15) is 19.2 Å². The van der Waals surface area contributed by atoms with Crippen LogP contribution in [0.5, 0.6) is 11.5 Å². The predicted octanol–water partition coefficient (Wildman–Crippen LogP) is 2.46. The molecule has 29 heavy (non-hydrogen) atoms. The summed E-state index contributed by atoms with van der Waals surface area (Å²) in [5, 5.41) is 0. The maximum absolute atomic E-state index is 12.3. The standard InChI is InChI=1S/C21H19NO7/c1-27-13-9-10-16(21(26)28-2)17(12-13)29-18(23)8-5-11-22-19(24)14-6-3-4-7-15(14)20(22)25/h3-4,6-7,9-10,12H,5,8,11H2,1-2H3. The van der Waals surface area contributed by atoms with Crippen LogP contribution in [-0.2, 0) is 9.53 Å². The molecule has 0 radical (unpaired) electrons. The third-order valence-electron chi connectivity index (χ3n) is 4.46. The van der Waals surface area contributed by atoms with Crippen molar-refractivity contribution in [1.29, 1.82) is 0 Å². The lowest BCUT2D eigenvalue weighted by Gasteiger charge is -2.14. The normalized spacial score (nSPS) is 12.6. The van der Waals surface area contributed by atoms with Gasteiger partial charge in [-0.15, -0.1) is 0 Å². The Hall–Kier alpha value is -3.68. The van der Waals surface area contributed by atoms with Crippen molar-refractivity contribution in [2.45, 2.75) is 12.8 Å². The second-order valence-corrected chi connectivity index (χ2v) is 6.24. The molecule has 0 aliphatic carbocycles. The average molecular weight is 397 g/mol. The number of benzene rings is 2. The lowest BCUT2D eigenvalue weighted by molar-refractivity contribution is -0.134. The lowest BCUT2D eigenvalue weighted by atomic mass is 10.1. The summed E-state index contributed by atoms with van der Waals surface area (Å²) in [6.07, 6.45) is 0.174. The van der Waals surface area contributed by atoms with Gasteiger partial charge in [0.1, 0.15) is 17.1 Å². The molecular weight excluding hydrogens is 378 g/mol. The molecule has 0 fully saturated rings. The molecule has 2 aromatic rings. The van der Waals surface area contributed by atoms with Gasteiger partial charge in [0.2, 0.25) is 0 Å². The summed E-state index contributed by atoms with van der Waals surface area (Å²) in [4.78, 5) is 49.8. The minimum absolute atomic E-state index is 0.0157. The molecular formula is C21H19NO7. The summed E-state index contributed by atoms with van der Waals surface area (Å²) < 4.78 is 15.0. The second-order valence-electron chi connectivity index (χ2n) is 6.24. The quantitative estimate of drug-likeness (QED) is 0.402. The van der Waals surface area contributed by atoms with E-state index in [2.05, 4.69) is 4.74 Å².